The molecule has 2 heterocycles. The quantitative estimate of drug-likeness (QED) is 0.430. The summed E-state index contributed by atoms with van der Waals surface area (Å²) in [4.78, 5) is 15.0. The minimum atomic E-state index is -0.518. The zero-order valence-electron chi connectivity index (χ0n) is 16.9. The molecule has 0 saturated heterocycles. The van der Waals surface area contributed by atoms with E-state index in [-0.39, 0.29) is 22.1 Å². The molecule has 0 atom stereocenters. The van der Waals surface area contributed by atoms with Crippen LogP contribution in [0.25, 0.3) is 6.08 Å². The number of ketones is 1. The molecule has 3 aromatic rings. The van der Waals surface area contributed by atoms with Crippen molar-refractivity contribution in [1.82, 2.24) is 4.90 Å². The van der Waals surface area contributed by atoms with E-state index in [1.54, 1.807) is 18.2 Å². The summed E-state index contributed by atoms with van der Waals surface area (Å²) >= 11 is 12.1. The van der Waals surface area contributed by atoms with Crippen molar-refractivity contribution < 1.29 is 18.7 Å². The normalized spacial score (nSPS) is 16.5. The molecule has 2 aliphatic rings. The van der Waals surface area contributed by atoms with Crippen LogP contribution < -0.4 is 9.47 Å². The van der Waals surface area contributed by atoms with E-state index >= 15 is 0 Å². The number of rotatable bonds is 4. The second-order valence-electron chi connectivity index (χ2n) is 7.70. The van der Waals surface area contributed by atoms with Gasteiger partial charge in [0.05, 0.1) is 16.1 Å². The van der Waals surface area contributed by atoms with Crippen molar-refractivity contribution in [2.75, 3.05) is 13.3 Å². The Morgan fingerprint density at radius 3 is 2.66 bits per heavy atom. The summed E-state index contributed by atoms with van der Waals surface area (Å²) in [5.74, 6) is 0.363. The maximum absolute atomic E-state index is 14.2. The molecule has 0 unspecified atom stereocenters. The van der Waals surface area contributed by atoms with Gasteiger partial charge < -0.3 is 9.47 Å². The molecule has 0 amide bonds. The lowest BCUT2D eigenvalue weighted by Gasteiger charge is -2.29. The van der Waals surface area contributed by atoms with Crippen LogP contribution in [-0.2, 0) is 13.0 Å². The molecule has 2 aliphatic heterocycles. The SMILES string of the molecule is O=C1/C(=C/c2c(F)cccc2Cl)Oc2c1ccc1c2CN(CCc2ccc(Cl)cc2)CO1. The number of halogens is 3. The van der Waals surface area contributed by atoms with Crippen LogP contribution in [0.4, 0.5) is 4.39 Å². The average molecular weight is 470 g/mol. The van der Waals surface area contributed by atoms with Gasteiger partial charge in [-0.05, 0) is 54.5 Å². The number of nitrogens with zero attached hydrogens (tertiary/aromatic N) is 1. The van der Waals surface area contributed by atoms with Gasteiger partial charge in [0.15, 0.2) is 5.76 Å². The fourth-order valence-electron chi connectivity index (χ4n) is 3.87. The lowest BCUT2D eigenvalue weighted by molar-refractivity contribution is 0.0950. The maximum Gasteiger partial charge on any atom is 0.231 e. The van der Waals surface area contributed by atoms with Gasteiger partial charge in [0.25, 0.3) is 0 Å². The fraction of sp³-hybridized carbons (Fsp3) is 0.160. The number of ether oxygens (including phenoxy) is 2. The maximum atomic E-state index is 14.2. The number of benzene rings is 3. The second kappa shape index (κ2) is 8.58. The Labute approximate surface area is 194 Å². The number of carbonyl (C=O) groups is 1. The van der Waals surface area contributed by atoms with Gasteiger partial charge in [-0.25, -0.2) is 4.39 Å². The van der Waals surface area contributed by atoms with Crippen LogP contribution in [0.2, 0.25) is 10.0 Å². The summed E-state index contributed by atoms with van der Waals surface area (Å²) in [6.07, 6.45) is 2.19. The van der Waals surface area contributed by atoms with Crippen molar-refractivity contribution in [3.63, 3.8) is 0 Å². The fourth-order valence-corrected chi connectivity index (χ4v) is 4.21. The van der Waals surface area contributed by atoms with E-state index in [2.05, 4.69) is 4.90 Å². The van der Waals surface area contributed by atoms with Crippen LogP contribution in [0.3, 0.4) is 0 Å². The molecule has 0 saturated carbocycles. The molecule has 0 aromatic heterocycles. The van der Waals surface area contributed by atoms with Crippen LogP contribution >= 0.6 is 23.2 Å². The first-order valence-corrected chi connectivity index (χ1v) is 10.9. The van der Waals surface area contributed by atoms with E-state index in [9.17, 15) is 9.18 Å². The Morgan fingerprint density at radius 2 is 1.88 bits per heavy atom. The van der Waals surface area contributed by atoms with E-state index in [1.807, 2.05) is 24.3 Å². The number of fused-ring (bicyclic) bond motifs is 3. The van der Waals surface area contributed by atoms with Gasteiger partial charge >= 0.3 is 0 Å². The minimum Gasteiger partial charge on any atom is -0.478 e. The van der Waals surface area contributed by atoms with Gasteiger partial charge in [0, 0.05) is 23.7 Å². The third-order valence-electron chi connectivity index (χ3n) is 5.59. The third-order valence-corrected chi connectivity index (χ3v) is 6.17. The van der Waals surface area contributed by atoms with Crippen molar-refractivity contribution >= 4 is 35.1 Å². The number of carbonyl (C=O) groups excluding carboxylic acids is 1. The van der Waals surface area contributed by atoms with Crippen LogP contribution in [0.5, 0.6) is 11.5 Å². The Balaban J connectivity index is 1.38. The lowest BCUT2D eigenvalue weighted by atomic mass is 10.0. The molecular weight excluding hydrogens is 452 g/mol. The Morgan fingerprint density at radius 1 is 1.06 bits per heavy atom. The third kappa shape index (κ3) is 3.99. The molecule has 3 aromatic carbocycles. The van der Waals surface area contributed by atoms with Crippen LogP contribution in [-0.4, -0.2) is 24.0 Å². The number of hydrogen-bond acceptors (Lipinski definition) is 4. The summed E-state index contributed by atoms with van der Waals surface area (Å²) < 4.78 is 26.0. The lowest BCUT2D eigenvalue weighted by Crippen LogP contribution is -2.33. The molecule has 0 radical (unpaired) electrons. The van der Waals surface area contributed by atoms with Crippen molar-refractivity contribution in [2.45, 2.75) is 13.0 Å². The van der Waals surface area contributed by atoms with E-state index in [0.29, 0.717) is 35.4 Å². The second-order valence-corrected chi connectivity index (χ2v) is 8.54. The largest absolute Gasteiger partial charge is 0.478 e. The molecule has 0 N–H and O–H groups in total. The summed E-state index contributed by atoms with van der Waals surface area (Å²) in [5, 5.41) is 0.922. The van der Waals surface area contributed by atoms with Crippen molar-refractivity contribution in [1.29, 1.82) is 0 Å². The van der Waals surface area contributed by atoms with Gasteiger partial charge in [0.2, 0.25) is 5.78 Å². The van der Waals surface area contributed by atoms with Gasteiger partial charge in [0.1, 0.15) is 24.0 Å². The predicted octanol–water partition coefficient (Wildman–Crippen LogP) is 6.14. The summed E-state index contributed by atoms with van der Waals surface area (Å²) in [6.45, 7) is 1.79. The van der Waals surface area contributed by atoms with Crippen LogP contribution in [0.1, 0.15) is 27.0 Å². The predicted molar refractivity (Wildman–Crippen MR) is 122 cm³/mol. The van der Waals surface area contributed by atoms with Gasteiger partial charge in [-0.1, -0.05) is 41.4 Å². The summed E-state index contributed by atoms with van der Waals surface area (Å²) in [6, 6.07) is 15.6. The topological polar surface area (TPSA) is 38.8 Å². The molecule has 0 fully saturated rings. The minimum absolute atomic E-state index is 0.0405. The molecule has 0 bridgehead atoms. The molecule has 7 heteroatoms. The van der Waals surface area contributed by atoms with Crippen molar-refractivity contribution in [3.8, 4) is 11.5 Å². The highest BCUT2D eigenvalue weighted by atomic mass is 35.5. The number of Topliss-reactive ketones (excluding diaryl/α,β-unsaturated/α-hetero) is 1. The molecule has 5 rings (SSSR count). The van der Waals surface area contributed by atoms with Gasteiger partial charge in [-0.2, -0.15) is 0 Å². The Kier molecular flexibility index (Phi) is 5.64. The first-order chi connectivity index (χ1) is 15.5. The standard InChI is InChI=1S/C25H18Cl2FNO3/c26-16-6-4-15(5-7-16)10-11-29-13-19-22(31-14-29)9-8-17-24(30)23(32-25(17)19)12-18-20(27)2-1-3-21(18)28/h1-9,12H,10-11,13-14H2/b23-12-. The molecule has 32 heavy (non-hydrogen) atoms. The molecule has 0 spiro atoms. The van der Waals surface area contributed by atoms with Crippen molar-refractivity contribution in [3.05, 3.63) is 98.5 Å². The smallest absolute Gasteiger partial charge is 0.231 e. The Hall–Kier alpha value is -2.86. The summed E-state index contributed by atoms with van der Waals surface area (Å²) in [7, 11) is 0. The summed E-state index contributed by atoms with van der Waals surface area (Å²) in [5.41, 5.74) is 2.55. The van der Waals surface area contributed by atoms with Gasteiger partial charge in [-0.15, -0.1) is 0 Å². The number of allylic oxidation sites excluding steroid dienone is 1. The Bertz CT molecular complexity index is 1220. The highest BCUT2D eigenvalue weighted by Gasteiger charge is 2.33. The molecule has 4 nitrogen and oxygen atoms in total. The van der Waals surface area contributed by atoms with Crippen molar-refractivity contribution in [2.24, 2.45) is 0 Å². The van der Waals surface area contributed by atoms with Crippen LogP contribution in [0.15, 0.2) is 60.4 Å². The molecule has 162 valence electrons. The first-order valence-electron chi connectivity index (χ1n) is 10.1. The van der Waals surface area contributed by atoms with Crippen LogP contribution in [0, 0.1) is 5.82 Å². The zero-order valence-corrected chi connectivity index (χ0v) is 18.4. The zero-order chi connectivity index (χ0) is 22.2. The van der Waals surface area contributed by atoms with E-state index < -0.39 is 5.82 Å². The molecule has 0 aliphatic carbocycles. The van der Waals surface area contributed by atoms with E-state index in [1.165, 1.54) is 23.8 Å². The first kappa shape index (κ1) is 21.0. The monoisotopic (exact) mass is 469 g/mol. The number of hydrogen-bond donors (Lipinski definition) is 0. The highest BCUT2D eigenvalue weighted by molar-refractivity contribution is 6.32. The van der Waals surface area contributed by atoms with E-state index in [4.69, 9.17) is 32.7 Å². The highest BCUT2D eigenvalue weighted by Crippen LogP contribution is 2.42. The van der Waals surface area contributed by atoms with E-state index in [0.717, 1.165) is 18.5 Å². The average Bonchev–Trinajstić information content (AvgIpc) is 3.11. The van der Waals surface area contributed by atoms with Gasteiger partial charge in [-0.3, -0.25) is 9.69 Å². The molecular formula is C25H18Cl2FNO3.